The maximum absolute atomic E-state index is 12.3. The number of carbonyl (C=O) groups excluding carboxylic acids is 1. The quantitative estimate of drug-likeness (QED) is 0.824. The monoisotopic (exact) mass is 236 g/mol. The van der Waals surface area contributed by atoms with Crippen LogP contribution in [0.2, 0.25) is 0 Å². The number of nitrogens with two attached hydrogens (primary N) is 1. The fourth-order valence-electron chi connectivity index (χ4n) is 2.25. The summed E-state index contributed by atoms with van der Waals surface area (Å²) >= 11 is 0. The van der Waals surface area contributed by atoms with Crippen molar-refractivity contribution in [2.45, 2.75) is 38.8 Å². The lowest BCUT2D eigenvalue weighted by atomic mass is 10.0. The third kappa shape index (κ3) is 2.34. The first-order valence-electron chi connectivity index (χ1n) is 6.16. The summed E-state index contributed by atoms with van der Waals surface area (Å²) in [6.07, 6.45) is 5.49. The highest BCUT2D eigenvalue weighted by Gasteiger charge is 2.34. The van der Waals surface area contributed by atoms with Crippen LogP contribution in [0.4, 0.5) is 0 Å². The van der Waals surface area contributed by atoms with Gasteiger partial charge >= 0.3 is 0 Å². The molecular weight excluding hydrogens is 216 g/mol. The first kappa shape index (κ1) is 12.1. The zero-order chi connectivity index (χ0) is 12.4. The Bertz CT molecular complexity index is 374. The second kappa shape index (κ2) is 4.87. The molecule has 3 N–H and O–H groups in total. The second-order valence-electron chi connectivity index (χ2n) is 4.93. The molecule has 94 valence electrons. The number of aromatic amines is 1. The Labute approximate surface area is 101 Å². The van der Waals surface area contributed by atoms with Gasteiger partial charge in [0.2, 0.25) is 5.91 Å². The van der Waals surface area contributed by atoms with Gasteiger partial charge < -0.3 is 15.6 Å². The Balaban J connectivity index is 2.12. The van der Waals surface area contributed by atoms with Crippen LogP contribution in [0.25, 0.3) is 0 Å². The predicted molar refractivity (Wildman–Crippen MR) is 65.1 cm³/mol. The molecule has 2 rings (SSSR count). The lowest BCUT2D eigenvalue weighted by molar-refractivity contribution is -0.134. The molecule has 0 bridgehead atoms. The maximum Gasteiger partial charge on any atom is 0.240 e. The minimum Gasteiger partial charge on any atom is -0.347 e. The van der Waals surface area contributed by atoms with Gasteiger partial charge in [0, 0.05) is 18.9 Å². The third-order valence-electron chi connectivity index (χ3n) is 3.37. The molecule has 1 aromatic rings. The molecule has 17 heavy (non-hydrogen) atoms. The summed E-state index contributed by atoms with van der Waals surface area (Å²) in [5.41, 5.74) is 5.93. The number of H-pyrrole nitrogens is 1. The zero-order valence-electron chi connectivity index (χ0n) is 10.4. The normalized spacial score (nSPS) is 22.1. The molecule has 1 amide bonds. The smallest absolute Gasteiger partial charge is 0.240 e. The topological polar surface area (TPSA) is 75.0 Å². The number of hydrogen-bond donors (Lipinski definition) is 2. The number of aromatic nitrogens is 2. The van der Waals surface area contributed by atoms with E-state index in [1.807, 2.05) is 18.7 Å². The van der Waals surface area contributed by atoms with Crippen LogP contribution in [-0.4, -0.2) is 33.4 Å². The van der Waals surface area contributed by atoms with E-state index >= 15 is 0 Å². The van der Waals surface area contributed by atoms with Gasteiger partial charge in [0.25, 0.3) is 0 Å². The highest BCUT2D eigenvalue weighted by molar-refractivity contribution is 5.82. The van der Waals surface area contributed by atoms with Crippen molar-refractivity contribution in [2.75, 3.05) is 6.54 Å². The number of amides is 1. The van der Waals surface area contributed by atoms with Crippen molar-refractivity contribution in [1.29, 1.82) is 0 Å². The van der Waals surface area contributed by atoms with E-state index < -0.39 is 6.04 Å². The first-order chi connectivity index (χ1) is 8.11. The van der Waals surface area contributed by atoms with E-state index in [0.29, 0.717) is 0 Å². The lowest BCUT2D eigenvalue weighted by Crippen LogP contribution is -2.46. The Morgan fingerprint density at radius 2 is 2.41 bits per heavy atom. The number of imidazole rings is 1. The molecule has 0 spiro atoms. The second-order valence-corrected chi connectivity index (χ2v) is 4.93. The number of carbonyl (C=O) groups is 1. The fraction of sp³-hybridized carbons (Fsp3) is 0.667. The van der Waals surface area contributed by atoms with Gasteiger partial charge in [-0.05, 0) is 18.8 Å². The Morgan fingerprint density at radius 3 is 3.00 bits per heavy atom. The van der Waals surface area contributed by atoms with Gasteiger partial charge in [0.05, 0.1) is 12.1 Å². The van der Waals surface area contributed by atoms with Gasteiger partial charge in [-0.25, -0.2) is 4.98 Å². The molecule has 1 aliphatic heterocycles. The van der Waals surface area contributed by atoms with E-state index in [9.17, 15) is 4.79 Å². The van der Waals surface area contributed by atoms with Crippen molar-refractivity contribution in [3.8, 4) is 0 Å². The molecule has 2 atom stereocenters. The van der Waals surface area contributed by atoms with Crippen molar-refractivity contribution in [3.63, 3.8) is 0 Å². The molecule has 0 unspecified atom stereocenters. The SMILES string of the molecule is CC(C)[C@H](N)C(=O)N1CCC[C@H]1c1ncc[nH]1. The Hall–Kier alpha value is -1.36. The molecule has 1 aromatic heterocycles. The number of nitrogens with one attached hydrogen (secondary N) is 1. The van der Waals surface area contributed by atoms with Crippen LogP contribution < -0.4 is 5.73 Å². The van der Waals surface area contributed by atoms with Gasteiger partial charge in [0.1, 0.15) is 5.82 Å². The number of likely N-dealkylation sites (tertiary alicyclic amines) is 1. The highest BCUT2D eigenvalue weighted by Crippen LogP contribution is 2.30. The number of nitrogens with zero attached hydrogens (tertiary/aromatic N) is 2. The van der Waals surface area contributed by atoms with E-state index in [-0.39, 0.29) is 17.9 Å². The van der Waals surface area contributed by atoms with Crippen LogP contribution in [0, 0.1) is 5.92 Å². The molecule has 2 heterocycles. The predicted octanol–water partition coefficient (Wildman–Crippen LogP) is 1.06. The third-order valence-corrected chi connectivity index (χ3v) is 3.37. The van der Waals surface area contributed by atoms with Gasteiger partial charge in [-0.2, -0.15) is 0 Å². The molecule has 0 saturated carbocycles. The molecule has 1 saturated heterocycles. The molecule has 0 radical (unpaired) electrons. The molecule has 1 fully saturated rings. The summed E-state index contributed by atoms with van der Waals surface area (Å²) in [4.78, 5) is 21.4. The van der Waals surface area contributed by atoms with Crippen molar-refractivity contribution in [1.82, 2.24) is 14.9 Å². The van der Waals surface area contributed by atoms with Crippen LogP contribution >= 0.6 is 0 Å². The fourth-order valence-corrected chi connectivity index (χ4v) is 2.25. The summed E-state index contributed by atoms with van der Waals surface area (Å²) in [5.74, 6) is 1.08. The molecular formula is C12H20N4O. The minimum absolute atomic E-state index is 0.0406. The average molecular weight is 236 g/mol. The van der Waals surface area contributed by atoms with E-state index in [0.717, 1.165) is 25.2 Å². The molecule has 0 aliphatic carbocycles. The molecule has 5 heteroatoms. The standard InChI is InChI=1S/C12H20N4O/c1-8(2)10(13)12(17)16-7-3-4-9(16)11-14-5-6-15-11/h5-6,8-10H,3-4,7,13H2,1-2H3,(H,14,15)/t9-,10-/m0/s1. The van der Waals surface area contributed by atoms with E-state index in [4.69, 9.17) is 5.73 Å². The molecule has 5 nitrogen and oxygen atoms in total. The lowest BCUT2D eigenvalue weighted by Gasteiger charge is -2.27. The van der Waals surface area contributed by atoms with E-state index in [2.05, 4.69) is 9.97 Å². The van der Waals surface area contributed by atoms with Gasteiger partial charge in [0.15, 0.2) is 0 Å². The summed E-state index contributed by atoms with van der Waals surface area (Å²) in [6.45, 7) is 4.73. The number of hydrogen-bond acceptors (Lipinski definition) is 3. The summed E-state index contributed by atoms with van der Waals surface area (Å²) in [7, 11) is 0. The van der Waals surface area contributed by atoms with Gasteiger partial charge in [-0.15, -0.1) is 0 Å². The van der Waals surface area contributed by atoms with Crippen molar-refractivity contribution >= 4 is 5.91 Å². The first-order valence-corrected chi connectivity index (χ1v) is 6.16. The highest BCUT2D eigenvalue weighted by atomic mass is 16.2. The summed E-state index contributed by atoms with van der Waals surface area (Å²) in [6, 6.07) is -0.340. The van der Waals surface area contributed by atoms with Gasteiger partial charge in [-0.1, -0.05) is 13.8 Å². The molecule has 0 aromatic carbocycles. The van der Waals surface area contributed by atoms with Crippen molar-refractivity contribution < 1.29 is 4.79 Å². The zero-order valence-corrected chi connectivity index (χ0v) is 10.4. The summed E-state index contributed by atoms with van der Waals surface area (Å²) in [5, 5.41) is 0. The van der Waals surface area contributed by atoms with Crippen LogP contribution in [0.3, 0.4) is 0 Å². The number of rotatable bonds is 3. The molecule has 1 aliphatic rings. The van der Waals surface area contributed by atoms with Crippen LogP contribution in [0.15, 0.2) is 12.4 Å². The minimum atomic E-state index is -0.412. The Kier molecular flexibility index (Phi) is 3.47. The summed E-state index contributed by atoms with van der Waals surface area (Å²) < 4.78 is 0. The van der Waals surface area contributed by atoms with Crippen molar-refractivity contribution in [3.05, 3.63) is 18.2 Å². The van der Waals surface area contributed by atoms with Crippen LogP contribution in [0.5, 0.6) is 0 Å². The van der Waals surface area contributed by atoms with E-state index in [1.54, 1.807) is 12.4 Å². The van der Waals surface area contributed by atoms with Crippen LogP contribution in [-0.2, 0) is 4.79 Å². The van der Waals surface area contributed by atoms with Crippen LogP contribution in [0.1, 0.15) is 38.6 Å². The Morgan fingerprint density at radius 1 is 1.65 bits per heavy atom. The average Bonchev–Trinajstić information content (AvgIpc) is 2.96. The van der Waals surface area contributed by atoms with E-state index in [1.165, 1.54) is 0 Å². The maximum atomic E-state index is 12.3. The largest absolute Gasteiger partial charge is 0.347 e. The van der Waals surface area contributed by atoms with Crippen molar-refractivity contribution in [2.24, 2.45) is 11.7 Å². The van der Waals surface area contributed by atoms with Gasteiger partial charge in [-0.3, -0.25) is 4.79 Å².